The molecule has 1 aliphatic heterocycles. The van der Waals surface area contributed by atoms with Crippen LogP contribution < -0.4 is 4.74 Å². The fraction of sp³-hybridized carbons (Fsp3) is 0.400. The van der Waals surface area contributed by atoms with Crippen molar-refractivity contribution >= 4 is 5.91 Å². The lowest BCUT2D eigenvalue weighted by Crippen LogP contribution is -2.46. The third kappa shape index (κ3) is 4.99. The molecule has 4 rings (SSSR count). The Hall–Kier alpha value is -3.19. The minimum atomic E-state index is -0.0395. The zero-order valence-electron chi connectivity index (χ0n) is 19.1. The Labute approximate surface area is 189 Å². The van der Waals surface area contributed by atoms with Gasteiger partial charge in [-0.25, -0.2) is 4.68 Å². The Morgan fingerprint density at radius 2 is 2.00 bits per heavy atom. The standard InChI is InChI=1S/C25H31N5O2/c1-19-7-8-24(32-3)23(18-19)30-17-12-22(27-30)25(31)28(2)21-10-15-29(16-11-21)14-9-20-6-4-5-13-26-20/h4-8,12-13,17-18,21H,9-11,14-16H2,1-3H3. The topological polar surface area (TPSA) is 63.5 Å². The predicted molar refractivity (Wildman–Crippen MR) is 124 cm³/mol. The first-order chi connectivity index (χ1) is 15.5. The second kappa shape index (κ2) is 9.96. The minimum Gasteiger partial charge on any atom is -0.494 e. The first-order valence-corrected chi connectivity index (χ1v) is 11.2. The van der Waals surface area contributed by atoms with Crippen LogP contribution in [0.15, 0.2) is 54.9 Å². The van der Waals surface area contributed by atoms with Crippen molar-refractivity contribution in [3.05, 3.63) is 71.8 Å². The number of amides is 1. The molecule has 7 nitrogen and oxygen atoms in total. The molecule has 7 heteroatoms. The van der Waals surface area contributed by atoms with Crippen LogP contribution in [0.2, 0.25) is 0 Å². The van der Waals surface area contributed by atoms with Gasteiger partial charge in [0.1, 0.15) is 11.4 Å². The van der Waals surface area contributed by atoms with Crippen molar-refractivity contribution in [2.24, 2.45) is 0 Å². The van der Waals surface area contributed by atoms with E-state index in [-0.39, 0.29) is 11.9 Å². The van der Waals surface area contributed by atoms with E-state index in [0.29, 0.717) is 5.69 Å². The van der Waals surface area contributed by atoms with Gasteiger partial charge in [-0.15, -0.1) is 0 Å². The Bertz CT molecular complexity index is 1040. The van der Waals surface area contributed by atoms with Crippen molar-refractivity contribution in [2.45, 2.75) is 32.2 Å². The molecular weight excluding hydrogens is 402 g/mol. The number of aryl methyl sites for hydroxylation is 1. The zero-order valence-corrected chi connectivity index (χ0v) is 19.1. The summed E-state index contributed by atoms with van der Waals surface area (Å²) in [4.78, 5) is 21.8. The Morgan fingerprint density at radius 3 is 2.72 bits per heavy atom. The number of nitrogens with zero attached hydrogens (tertiary/aromatic N) is 5. The van der Waals surface area contributed by atoms with E-state index in [1.807, 2.05) is 61.6 Å². The molecule has 0 unspecified atom stereocenters. The summed E-state index contributed by atoms with van der Waals surface area (Å²) in [6.45, 7) is 5.01. The molecule has 2 aromatic heterocycles. The number of likely N-dealkylation sites (tertiary alicyclic amines) is 1. The van der Waals surface area contributed by atoms with Crippen molar-refractivity contribution in [3.8, 4) is 11.4 Å². The van der Waals surface area contributed by atoms with E-state index >= 15 is 0 Å². The van der Waals surface area contributed by atoms with Gasteiger partial charge in [-0.2, -0.15) is 5.10 Å². The average molecular weight is 434 g/mol. The van der Waals surface area contributed by atoms with E-state index in [1.165, 1.54) is 0 Å². The Balaban J connectivity index is 1.34. The molecular formula is C25H31N5O2. The van der Waals surface area contributed by atoms with Crippen LogP contribution in [0.1, 0.15) is 34.6 Å². The largest absolute Gasteiger partial charge is 0.494 e. The molecule has 0 atom stereocenters. The lowest BCUT2D eigenvalue weighted by Gasteiger charge is -2.36. The van der Waals surface area contributed by atoms with Crippen molar-refractivity contribution < 1.29 is 9.53 Å². The van der Waals surface area contributed by atoms with E-state index in [9.17, 15) is 4.79 Å². The third-order valence-corrected chi connectivity index (χ3v) is 6.22. The molecule has 3 aromatic rings. The highest BCUT2D eigenvalue weighted by atomic mass is 16.5. The van der Waals surface area contributed by atoms with E-state index in [0.717, 1.165) is 61.6 Å². The number of hydrogen-bond acceptors (Lipinski definition) is 5. The van der Waals surface area contributed by atoms with Crippen LogP contribution in [0.5, 0.6) is 5.75 Å². The second-order valence-corrected chi connectivity index (χ2v) is 8.38. The van der Waals surface area contributed by atoms with Gasteiger partial charge in [-0.05, 0) is 55.7 Å². The quantitative estimate of drug-likeness (QED) is 0.572. The van der Waals surface area contributed by atoms with Crippen LogP contribution in [-0.4, -0.2) is 70.3 Å². The summed E-state index contributed by atoms with van der Waals surface area (Å²) >= 11 is 0. The van der Waals surface area contributed by atoms with Gasteiger partial charge in [0.05, 0.1) is 7.11 Å². The van der Waals surface area contributed by atoms with E-state index < -0.39 is 0 Å². The number of benzene rings is 1. The van der Waals surface area contributed by atoms with Gasteiger partial charge in [0.2, 0.25) is 0 Å². The van der Waals surface area contributed by atoms with Gasteiger partial charge in [-0.3, -0.25) is 9.78 Å². The Morgan fingerprint density at radius 1 is 1.19 bits per heavy atom. The number of pyridine rings is 1. The smallest absolute Gasteiger partial charge is 0.274 e. The normalized spacial score (nSPS) is 15.0. The number of hydrogen-bond donors (Lipinski definition) is 0. The van der Waals surface area contributed by atoms with Crippen LogP contribution in [0.25, 0.3) is 5.69 Å². The number of piperidine rings is 1. The molecule has 0 aliphatic carbocycles. The van der Waals surface area contributed by atoms with Gasteiger partial charge < -0.3 is 14.5 Å². The number of carbonyl (C=O) groups is 1. The monoisotopic (exact) mass is 433 g/mol. The molecule has 32 heavy (non-hydrogen) atoms. The highest BCUT2D eigenvalue weighted by Crippen LogP contribution is 2.24. The molecule has 1 amide bonds. The summed E-state index contributed by atoms with van der Waals surface area (Å²) in [7, 11) is 3.53. The maximum absolute atomic E-state index is 13.1. The van der Waals surface area contributed by atoms with Crippen molar-refractivity contribution in [3.63, 3.8) is 0 Å². The first kappa shape index (κ1) is 22.0. The molecule has 0 bridgehead atoms. The van der Waals surface area contributed by atoms with Gasteiger partial charge >= 0.3 is 0 Å². The molecule has 0 radical (unpaired) electrons. The fourth-order valence-corrected chi connectivity index (χ4v) is 4.25. The lowest BCUT2D eigenvalue weighted by molar-refractivity contribution is 0.0637. The zero-order chi connectivity index (χ0) is 22.5. The van der Waals surface area contributed by atoms with E-state index in [1.54, 1.807) is 17.9 Å². The minimum absolute atomic E-state index is 0.0395. The number of ether oxygens (including phenoxy) is 1. The molecule has 0 N–H and O–H groups in total. The average Bonchev–Trinajstić information content (AvgIpc) is 3.33. The molecule has 1 fully saturated rings. The first-order valence-electron chi connectivity index (χ1n) is 11.2. The molecule has 168 valence electrons. The summed E-state index contributed by atoms with van der Waals surface area (Å²) in [5.41, 5.74) is 3.52. The predicted octanol–water partition coefficient (Wildman–Crippen LogP) is 3.36. The van der Waals surface area contributed by atoms with E-state index in [4.69, 9.17) is 4.74 Å². The highest BCUT2D eigenvalue weighted by molar-refractivity contribution is 5.92. The summed E-state index contributed by atoms with van der Waals surface area (Å²) < 4.78 is 7.18. The summed E-state index contributed by atoms with van der Waals surface area (Å²) in [6, 6.07) is 14.0. The van der Waals surface area contributed by atoms with Crippen LogP contribution >= 0.6 is 0 Å². The van der Waals surface area contributed by atoms with Gasteiger partial charge in [0.15, 0.2) is 5.69 Å². The van der Waals surface area contributed by atoms with Crippen LogP contribution in [0.4, 0.5) is 0 Å². The van der Waals surface area contributed by atoms with Crippen LogP contribution in [-0.2, 0) is 6.42 Å². The van der Waals surface area contributed by atoms with Gasteiger partial charge in [0, 0.05) is 57.2 Å². The molecule has 1 saturated heterocycles. The SMILES string of the molecule is COc1ccc(C)cc1-n1ccc(C(=O)N(C)C2CCN(CCc3ccccn3)CC2)n1. The summed E-state index contributed by atoms with van der Waals surface area (Å²) in [5.74, 6) is 0.687. The molecule has 0 saturated carbocycles. The number of methoxy groups -OCH3 is 1. The lowest BCUT2D eigenvalue weighted by atomic mass is 10.0. The summed E-state index contributed by atoms with van der Waals surface area (Å²) in [5, 5.41) is 4.55. The van der Waals surface area contributed by atoms with Gasteiger partial charge in [-0.1, -0.05) is 12.1 Å². The second-order valence-electron chi connectivity index (χ2n) is 8.38. The molecule has 1 aliphatic rings. The molecule has 0 spiro atoms. The fourth-order valence-electron chi connectivity index (χ4n) is 4.25. The van der Waals surface area contributed by atoms with Crippen molar-refractivity contribution in [1.29, 1.82) is 0 Å². The van der Waals surface area contributed by atoms with Crippen molar-refractivity contribution in [2.75, 3.05) is 33.8 Å². The van der Waals surface area contributed by atoms with E-state index in [2.05, 4.69) is 21.0 Å². The van der Waals surface area contributed by atoms with Gasteiger partial charge in [0.25, 0.3) is 5.91 Å². The maximum atomic E-state index is 13.1. The highest BCUT2D eigenvalue weighted by Gasteiger charge is 2.27. The third-order valence-electron chi connectivity index (χ3n) is 6.22. The van der Waals surface area contributed by atoms with Crippen LogP contribution in [0, 0.1) is 6.92 Å². The number of rotatable bonds is 7. The number of aromatic nitrogens is 3. The number of carbonyl (C=O) groups excluding carboxylic acids is 1. The maximum Gasteiger partial charge on any atom is 0.274 e. The molecule has 1 aromatic carbocycles. The van der Waals surface area contributed by atoms with Crippen molar-refractivity contribution in [1.82, 2.24) is 24.6 Å². The molecule has 3 heterocycles. The summed E-state index contributed by atoms with van der Waals surface area (Å²) in [6.07, 6.45) is 6.56. The van der Waals surface area contributed by atoms with Crippen LogP contribution in [0.3, 0.4) is 0 Å². The Kier molecular flexibility index (Phi) is 6.85.